The summed E-state index contributed by atoms with van der Waals surface area (Å²) >= 11 is 0. The SMILES string of the molecule is CCC(C)c1ccc(OCC2CC2)cc1. The number of hydrogen-bond acceptors (Lipinski definition) is 1. The molecule has 1 aliphatic rings. The molecule has 0 amide bonds. The van der Waals surface area contributed by atoms with E-state index in [-0.39, 0.29) is 0 Å². The minimum Gasteiger partial charge on any atom is -0.493 e. The van der Waals surface area contributed by atoms with Crippen LogP contribution in [0.5, 0.6) is 5.75 Å². The first-order valence-electron chi connectivity index (χ1n) is 6.02. The third kappa shape index (κ3) is 2.98. The predicted molar refractivity (Wildman–Crippen MR) is 63.4 cm³/mol. The molecule has 1 unspecified atom stereocenters. The monoisotopic (exact) mass is 204 g/mol. The topological polar surface area (TPSA) is 9.23 Å². The second-order valence-electron chi connectivity index (χ2n) is 4.63. The Morgan fingerprint density at radius 2 is 1.93 bits per heavy atom. The fourth-order valence-electron chi connectivity index (χ4n) is 1.63. The van der Waals surface area contributed by atoms with E-state index in [1.54, 1.807) is 0 Å². The summed E-state index contributed by atoms with van der Waals surface area (Å²) in [7, 11) is 0. The second kappa shape index (κ2) is 4.69. The molecule has 0 aromatic heterocycles. The lowest BCUT2D eigenvalue weighted by Crippen LogP contribution is -1.99. The van der Waals surface area contributed by atoms with Crippen LogP contribution in [-0.2, 0) is 0 Å². The van der Waals surface area contributed by atoms with Crippen LogP contribution in [0.3, 0.4) is 0 Å². The molecule has 82 valence electrons. The third-order valence-electron chi connectivity index (χ3n) is 3.24. The van der Waals surface area contributed by atoms with Gasteiger partial charge >= 0.3 is 0 Å². The zero-order valence-corrected chi connectivity index (χ0v) is 9.70. The Morgan fingerprint density at radius 3 is 2.47 bits per heavy atom. The van der Waals surface area contributed by atoms with E-state index in [9.17, 15) is 0 Å². The maximum absolute atomic E-state index is 5.70. The Labute approximate surface area is 92.5 Å². The zero-order valence-electron chi connectivity index (χ0n) is 9.70. The van der Waals surface area contributed by atoms with Gasteiger partial charge in [0.15, 0.2) is 0 Å². The van der Waals surface area contributed by atoms with Crippen molar-refractivity contribution in [2.24, 2.45) is 5.92 Å². The van der Waals surface area contributed by atoms with Crippen molar-refractivity contribution >= 4 is 0 Å². The number of hydrogen-bond donors (Lipinski definition) is 0. The average molecular weight is 204 g/mol. The summed E-state index contributed by atoms with van der Waals surface area (Å²) in [6, 6.07) is 8.58. The second-order valence-corrected chi connectivity index (χ2v) is 4.63. The van der Waals surface area contributed by atoms with Gasteiger partial charge in [0.25, 0.3) is 0 Å². The average Bonchev–Trinajstić information content (AvgIpc) is 3.10. The van der Waals surface area contributed by atoms with Gasteiger partial charge in [-0.05, 0) is 48.8 Å². The van der Waals surface area contributed by atoms with Crippen molar-refractivity contribution in [1.29, 1.82) is 0 Å². The van der Waals surface area contributed by atoms with Crippen LogP contribution in [0.25, 0.3) is 0 Å². The lowest BCUT2D eigenvalue weighted by atomic mass is 9.99. The van der Waals surface area contributed by atoms with Gasteiger partial charge in [0, 0.05) is 0 Å². The smallest absolute Gasteiger partial charge is 0.119 e. The molecular formula is C14H20O. The number of benzene rings is 1. The van der Waals surface area contributed by atoms with Crippen molar-refractivity contribution in [2.75, 3.05) is 6.61 Å². The summed E-state index contributed by atoms with van der Waals surface area (Å²) in [5, 5.41) is 0. The van der Waals surface area contributed by atoms with Crippen LogP contribution < -0.4 is 4.74 Å². The van der Waals surface area contributed by atoms with Crippen LogP contribution >= 0.6 is 0 Å². The van der Waals surface area contributed by atoms with Crippen molar-refractivity contribution in [3.8, 4) is 5.75 Å². The highest BCUT2D eigenvalue weighted by atomic mass is 16.5. The Morgan fingerprint density at radius 1 is 1.27 bits per heavy atom. The Hall–Kier alpha value is -0.980. The van der Waals surface area contributed by atoms with Crippen LogP contribution in [0.4, 0.5) is 0 Å². The minimum atomic E-state index is 0.655. The molecule has 1 saturated carbocycles. The van der Waals surface area contributed by atoms with Crippen LogP contribution in [0.2, 0.25) is 0 Å². The molecule has 2 rings (SSSR count). The molecule has 1 nitrogen and oxygen atoms in total. The molecule has 0 radical (unpaired) electrons. The Balaban J connectivity index is 1.90. The molecule has 1 fully saturated rings. The van der Waals surface area contributed by atoms with Crippen LogP contribution in [0.15, 0.2) is 24.3 Å². The summed E-state index contributed by atoms with van der Waals surface area (Å²) in [6.07, 6.45) is 3.90. The molecule has 0 bridgehead atoms. The molecule has 1 heteroatoms. The van der Waals surface area contributed by atoms with E-state index in [0.29, 0.717) is 5.92 Å². The highest BCUT2D eigenvalue weighted by molar-refractivity contribution is 5.29. The lowest BCUT2D eigenvalue weighted by Gasteiger charge is -2.10. The molecule has 0 spiro atoms. The fourth-order valence-corrected chi connectivity index (χ4v) is 1.63. The van der Waals surface area contributed by atoms with E-state index in [1.807, 2.05) is 0 Å². The van der Waals surface area contributed by atoms with Crippen LogP contribution in [-0.4, -0.2) is 6.61 Å². The molecule has 1 atom stereocenters. The van der Waals surface area contributed by atoms with E-state index in [0.717, 1.165) is 18.3 Å². The van der Waals surface area contributed by atoms with Crippen molar-refractivity contribution in [3.63, 3.8) is 0 Å². The van der Waals surface area contributed by atoms with Gasteiger partial charge < -0.3 is 4.74 Å². The quantitative estimate of drug-likeness (QED) is 0.704. The van der Waals surface area contributed by atoms with Gasteiger partial charge in [0.1, 0.15) is 5.75 Å². The molecule has 0 saturated heterocycles. The van der Waals surface area contributed by atoms with Gasteiger partial charge in [-0.3, -0.25) is 0 Å². The summed E-state index contributed by atoms with van der Waals surface area (Å²) in [5.41, 5.74) is 1.41. The molecule has 0 heterocycles. The summed E-state index contributed by atoms with van der Waals surface area (Å²) in [5.74, 6) is 2.51. The molecule has 0 N–H and O–H groups in total. The summed E-state index contributed by atoms with van der Waals surface area (Å²) < 4.78 is 5.70. The van der Waals surface area contributed by atoms with E-state index in [4.69, 9.17) is 4.74 Å². The number of ether oxygens (including phenoxy) is 1. The van der Waals surface area contributed by atoms with E-state index in [2.05, 4.69) is 38.1 Å². The standard InChI is InChI=1S/C14H20O/c1-3-11(2)13-6-8-14(9-7-13)15-10-12-4-5-12/h6-9,11-12H,3-5,10H2,1-2H3. The van der Waals surface area contributed by atoms with Gasteiger partial charge in [-0.25, -0.2) is 0 Å². The number of rotatable bonds is 5. The summed E-state index contributed by atoms with van der Waals surface area (Å²) in [4.78, 5) is 0. The highest BCUT2D eigenvalue weighted by Gasteiger charge is 2.21. The van der Waals surface area contributed by atoms with Gasteiger partial charge in [0.05, 0.1) is 6.61 Å². The van der Waals surface area contributed by atoms with E-state index >= 15 is 0 Å². The lowest BCUT2D eigenvalue weighted by molar-refractivity contribution is 0.299. The van der Waals surface area contributed by atoms with E-state index in [1.165, 1.54) is 24.8 Å². The van der Waals surface area contributed by atoms with Gasteiger partial charge in [0.2, 0.25) is 0 Å². The maximum atomic E-state index is 5.70. The minimum absolute atomic E-state index is 0.655. The summed E-state index contributed by atoms with van der Waals surface area (Å²) in [6.45, 7) is 5.39. The molecule has 1 aromatic carbocycles. The van der Waals surface area contributed by atoms with Crippen molar-refractivity contribution < 1.29 is 4.74 Å². The largest absolute Gasteiger partial charge is 0.493 e. The maximum Gasteiger partial charge on any atom is 0.119 e. The Bertz CT molecular complexity index is 298. The molecule has 15 heavy (non-hydrogen) atoms. The van der Waals surface area contributed by atoms with E-state index < -0.39 is 0 Å². The first-order chi connectivity index (χ1) is 7.29. The van der Waals surface area contributed by atoms with Crippen molar-refractivity contribution in [3.05, 3.63) is 29.8 Å². The molecular weight excluding hydrogens is 184 g/mol. The first kappa shape index (κ1) is 10.5. The highest BCUT2D eigenvalue weighted by Crippen LogP contribution is 2.30. The third-order valence-corrected chi connectivity index (χ3v) is 3.24. The molecule has 1 aromatic rings. The zero-order chi connectivity index (χ0) is 10.7. The van der Waals surface area contributed by atoms with Gasteiger partial charge in [-0.15, -0.1) is 0 Å². The molecule has 1 aliphatic carbocycles. The first-order valence-corrected chi connectivity index (χ1v) is 6.02. The van der Waals surface area contributed by atoms with Crippen LogP contribution in [0.1, 0.15) is 44.6 Å². The van der Waals surface area contributed by atoms with Gasteiger partial charge in [-0.1, -0.05) is 26.0 Å². The van der Waals surface area contributed by atoms with Crippen molar-refractivity contribution in [1.82, 2.24) is 0 Å². The van der Waals surface area contributed by atoms with Gasteiger partial charge in [-0.2, -0.15) is 0 Å². The Kier molecular flexibility index (Phi) is 3.30. The van der Waals surface area contributed by atoms with Crippen LogP contribution in [0, 0.1) is 5.92 Å². The normalized spacial score (nSPS) is 17.5. The van der Waals surface area contributed by atoms with Crippen molar-refractivity contribution in [2.45, 2.75) is 39.0 Å². The predicted octanol–water partition coefficient (Wildman–Crippen LogP) is 3.99. The molecule has 0 aliphatic heterocycles. The fraction of sp³-hybridized carbons (Fsp3) is 0.571.